The highest BCUT2D eigenvalue weighted by Crippen LogP contribution is 2.19. The number of rotatable bonds is 5. The summed E-state index contributed by atoms with van der Waals surface area (Å²) in [5.41, 5.74) is -0.505. The van der Waals surface area contributed by atoms with Crippen LogP contribution in [0, 0.1) is 5.92 Å². The van der Waals surface area contributed by atoms with Crippen molar-refractivity contribution in [3.8, 4) is 0 Å². The van der Waals surface area contributed by atoms with Crippen molar-refractivity contribution < 1.29 is 9.90 Å². The normalized spacial score (nSPS) is 15.4. The Bertz CT molecular complexity index is 438. The smallest absolute Gasteiger partial charge is 0.319 e. The predicted molar refractivity (Wildman–Crippen MR) is 76.3 cm³/mol. The lowest BCUT2D eigenvalue weighted by Gasteiger charge is -2.29. The molecular weight excluding hydrogens is 266 g/mol. The van der Waals surface area contributed by atoms with Gasteiger partial charge in [0.25, 0.3) is 0 Å². The fourth-order valence-electron chi connectivity index (χ4n) is 1.52. The van der Waals surface area contributed by atoms with Gasteiger partial charge in [-0.2, -0.15) is 0 Å². The Morgan fingerprint density at radius 1 is 1.63 bits per heavy atom. The van der Waals surface area contributed by atoms with Crippen LogP contribution in [0.5, 0.6) is 0 Å². The summed E-state index contributed by atoms with van der Waals surface area (Å²) in [5.74, 6) is 0.0924. The van der Waals surface area contributed by atoms with Crippen LogP contribution in [0.3, 0.4) is 0 Å². The molecule has 0 saturated carbocycles. The molecule has 0 aliphatic rings. The van der Waals surface area contributed by atoms with Gasteiger partial charge in [-0.3, -0.25) is 0 Å². The molecule has 5 nitrogen and oxygen atoms in total. The predicted octanol–water partition coefficient (Wildman–Crippen LogP) is 2.65. The van der Waals surface area contributed by atoms with E-state index >= 15 is 0 Å². The summed E-state index contributed by atoms with van der Waals surface area (Å²) in [7, 11) is 0. The Morgan fingerprint density at radius 2 is 2.32 bits per heavy atom. The van der Waals surface area contributed by atoms with Crippen molar-refractivity contribution >= 4 is 23.3 Å². The van der Waals surface area contributed by atoms with Crippen LogP contribution in [-0.4, -0.2) is 28.3 Å². The summed E-state index contributed by atoms with van der Waals surface area (Å²) in [4.78, 5) is 15.6. The Balaban J connectivity index is 2.51. The van der Waals surface area contributed by atoms with E-state index in [4.69, 9.17) is 11.6 Å². The second-order valence-corrected chi connectivity index (χ2v) is 5.17. The van der Waals surface area contributed by atoms with Gasteiger partial charge in [-0.1, -0.05) is 31.9 Å². The molecule has 19 heavy (non-hydrogen) atoms. The van der Waals surface area contributed by atoms with E-state index < -0.39 is 11.6 Å². The van der Waals surface area contributed by atoms with E-state index in [0.717, 1.165) is 6.42 Å². The first-order chi connectivity index (χ1) is 8.86. The molecule has 2 atom stereocenters. The first kappa shape index (κ1) is 15.7. The number of hydrogen-bond donors (Lipinski definition) is 3. The van der Waals surface area contributed by atoms with Gasteiger partial charge in [0.15, 0.2) is 5.15 Å². The molecule has 1 heterocycles. The highest BCUT2D eigenvalue weighted by Gasteiger charge is 2.27. The Labute approximate surface area is 118 Å². The minimum absolute atomic E-state index is 0.0924. The highest BCUT2D eigenvalue weighted by atomic mass is 35.5. The fourth-order valence-corrected chi connectivity index (χ4v) is 1.69. The number of carbonyl (C=O) groups is 1. The number of pyridine rings is 1. The third kappa shape index (κ3) is 4.69. The molecule has 0 radical (unpaired) electrons. The highest BCUT2D eigenvalue weighted by molar-refractivity contribution is 6.32. The average Bonchev–Trinajstić information content (AvgIpc) is 2.38. The molecule has 0 aromatic carbocycles. The van der Waals surface area contributed by atoms with Gasteiger partial charge in [0.2, 0.25) is 0 Å². The lowest BCUT2D eigenvalue weighted by Crippen LogP contribution is -2.46. The maximum absolute atomic E-state index is 11.7. The summed E-state index contributed by atoms with van der Waals surface area (Å²) in [6, 6.07) is 2.91. The number of aromatic nitrogens is 1. The van der Waals surface area contributed by atoms with Gasteiger partial charge in [-0.25, -0.2) is 9.78 Å². The van der Waals surface area contributed by atoms with Crippen LogP contribution in [0.25, 0.3) is 0 Å². The minimum atomic E-state index is -0.940. The second kappa shape index (κ2) is 6.73. The quantitative estimate of drug-likeness (QED) is 0.728. The molecule has 1 aromatic rings. The third-order valence-corrected chi connectivity index (χ3v) is 3.59. The Hall–Kier alpha value is -1.33. The Morgan fingerprint density at radius 3 is 2.89 bits per heavy atom. The number of amides is 2. The van der Waals surface area contributed by atoms with E-state index in [1.807, 2.05) is 13.8 Å². The van der Waals surface area contributed by atoms with Gasteiger partial charge in [0.05, 0.1) is 11.3 Å². The van der Waals surface area contributed by atoms with Gasteiger partial charge < -0.3 is 15.7 Å². The lowest BCUT2D eigenvalue weighted by molar-refractivity contribution is 0.00827. The lowest BCUT2D eigenvalue weighted by atomic mass is 9.89. The summed E-state index contributed by atoms with van der Waals surface area (Å²) < 4.78 is 0. The number of nitrogens with one attached hydrogen (secondary N) is 2. The summed E-state index contributed by atoms with van der Waals surface area (Å²) in [5, 5.41) is 15.6. The van der Waals surface area contributed by atoms with E-state index in [-0.39, 0.29) is 17.6 Å². The van der Waals surface area contributed by atoms with Crippen LogP contribution in [0.15, 0.2) is 18.3 Å². The standard InChI is InChI=1S/C13H20ClN3O2/c1-4-9(2)13(3,19)8-16-12(18)17-10-6-5-7-15-11(10)14/h5-7,9,19H,4,8H2,1-3H3,(H2,16,17,18). The number of halogens is 1. The molecular formula is C13H20ClN3O2. The minimum Gasteiger partial charge on any atom is -0.388 e. The maximum Gasteiger partial charge on any atom is 0.319 e. The zero-order chi connectivity index (χ0) is 14.5. The topological polar surface area (TPSA) is 74.2 Å². The van der Waals surface area contributed by atoms with Gasteiger partial charge in [-0.05, 0) is 25.0 Å². The van der Waals surface area contributed by atoms with Gasteiger partial charge >= 0.3 is 6.03 Å². The second-order valence-electron chi connectivity index (χ2n) is 4.82. The largest absolute Gasteiger partial charge is 0.388 e. The van der Waals surface area contributed by atoms with Crippen LogP contribution < -0.4 is 10.6 Å². The summed E-state index contributed by atoms with van der Waals surface area (Å²) in [6.45, 7) is 5.82. The fraction of sp³-hybridized carbons (Fsp3) is 0.538. The summed E-state index contributed by atoms with van der Waals surface area (Å²) in [6.07, 6.45) is 2.38. The van der Waals surface area contributed by atoms with Crippen molar-refractivity contribution in [2.45, 2.75) is 32.8 Å². The molecule has 2 unspecified atom stereocenters. The monoisotopic (exact) mass is 285 g/mol. The maximum atomic E-state index is 11.7. The van der Waals surface area contributed by atoms with Gasteiger partial charge in [0, 0.05) is 12.7 Å². The van der Waals surface area contributed by atoms with Crippen molar-refractivity contribution in [2.75, 3.05) is 11.9 Å². The molecule has 0 saturated heterocycles. The molecule has 106 valence electrons. The molecule has 0 bridgehead atoms. The van der Waals surface area contributed by atoms with Gasteiger partial charge in [0.1, 0.15) is 0 Å². The van der Waals surface area contributed by atoms with Crippen molar-refractivity contribution in [3.63, 3.8) is 0 Å². The van der Waals surface area contributed by atoms with Crippen molar-refractivity contribution in [2.24, 2.45) is 5.92 Å². The molecule has 2 amide bonds. The molecule has 0 aliphatic carbocycles. The number of aliphatic hydroxyl groups is 1. The number of anilines is 1. The number of carbonyl (C=O) groups excluding carboxylic acids is 1. The van der Waals surface area contributed by atoms with Crippen molar-refractivity contribution in [1.29, 1.82) is 0 Å². The zero-order valence-electron chi connectivity index (χ0n) is 11.4. The van der Waals surface area contributed by atoms with Crippen LogP contribution >= 0.6 is 11.6 Å². The van der Waals surface area contributed by atoms with E-state index in [2.05, 4.69) is 15.6 Å². The van der Waals surface area contributed by atoms with Crippen LogP contribution in [0.4, 0.5) is 10.5 Å². The van der Waals surface area contributed by atoms with Crippen molar-refractivity contribution in [3.05, 3.63) is 23.5 Å². The molecule has 1 aromatic heterocycles. The number of nitrogens with zero attached hydrogens (tertiary/aromatic N) is 1. The third-order valence-electron chi connectivity index (χ3n) is 3.29. The van der Waals surface area contributed by atoms with Crippen LogP contribution in [-0.2, 0) is 0 Å². The van der Waals surface area contributed by atoms with E-state index in [1.54, 1.807) is 25.3 Å². The molecule has 0 spiro atoms. The van der Waals surface area contributed by atoms with Crippen LogP contribution in [0.1, 0.15) is 27.2 Å². The molecule has 3 N–H and O–H groups in total. The Kier molecular flexibility index (Phi) is 5.57. The SMILES string of the molecule is CCC(C)C(C)(O)CNC(=O)Nc1cccnc1Cl. The first-order valence-corrected chi connectivity index (χ1v) is 6.62. The van der Waals surface area contributed by atoms with Gasteiger partial charge in [-0.15, -0.1) is 0 Å². The number of hydrogen-bond acceptors (Lipinski definition) is 3. The molecule has 6 heteroatoms. The first-order valence-electron chi connectivity index (χ1n) is 6.24. The van der Waals surface area contributed by atoms with E-state index in [0.29, 0.717) is 5.69 Å². The summed E-state index contributed by atoms with van der Waals surface area (Å²) >= 11 is 5.83. The number of urea groups is 1. The van der Waals surface area contributed by atoms with Crippen LogP contribution in [0.2, 0.25) is 5.15 Å². The zero-order valence-corrected chi connectivity index (χ0v) is 12.2. The average molecular weight is 286 g/mol. The molecule has 0 aliphatic heterocycles. The van der Waals surface area contributed by atoms with E-state index in [1.165, 1.54) is 0 Å². The van der Waals surface area contributed by atoms with E-state index in [9.17, 15) is 9.90 Å². The van der Waals surface area contributed by atoms with Crippen molar-refractivity contribution in [1.82, 2.24) is 10.3 Å². The molecule has 1 rings (SSSR count). The molecule has 0 fully saturated rings.